The zero-order chi connectivity index (χ0) is 14.7. The van der Waals surface area contributed by atoms with Crippen LogP contribution in [0.2, 0.25) is 10.2 Å². The van der Waals surface area contributed by atoms with Gasteiger partial charge in [0.05, 0.1) is 16.7 Å². The first-order valence-electron chi connectivity index (χ1n) is 5.63. The average molecular weight is 306 g/mol. The molecule has 0 saturated heterocycles. The van der Waals surface area contributed by atoms with Gasteiger partial charge in [-0.05, 0) is 30.3 Å². The second kappa shape index (κ2) is 5.91. The molecule has 0 radical (unpaired) electrons. The Labute approximate surface area is 126 Å². The molecule has 0 fully saturated rings. The summed E-state index contributed by atoms with van der Waals surface area (Å²) in [5.74, 6) is -0.396. The number of rotatable bonds is 2. The Balaban J connectivity index is 2.37. The molecule has 0 spiro atoms. The summed E-state index contributed by atoms with van der Waals surface area (Å²) >= 11 is 11.7. The van der Waals surface area contributed by atoms with E-state index < -0.39 is 5.91 Å². The van der Waals surface area contributed by atoms with Crippen molar-refractivity contribution >= 4 is 34.8 Å². The molecule has 1 aromatic heterocycles. The molecule has 100 valence electrons. The number of carbonyl (C=O) groups is 1. The van der Waals surface area contributed by atoms with Crippen molar-refractivity contribution in [2.45, 2.75) is 0 Å². The van der Waals surface area contributed by atoms with E-state index in [1.807, 2.05) is 6.07 Å². The number of amides is 1. The molecule has 6 heteroatoms. The summed E-state index contributed by atoms with van der Waals surface area (Å²) < 4.78 is 0. The minimum Gasteiger partial charge on any atom is -0.310 e. The quantitative estimate of drug-likeness (QED) is 0.797. The monoisotopic (exact) mass is 305 g/mol. The summed E-state index contributed by atoms with van der Waals surface area (Å²) in [6.45, 7) is 0. The number of anilines is 1. The smallest absolute Gasteiger partial charge is 0.278 e. The van der Waals surface area contributed by atoms with Gasteiger partial charge in [0.2, 0.25) is 0 Å². The van der Waals surface area contributed by atoms with Crippen molar-refractivity contribution in [3.05, 3.63) is 57.8 Å². The second-order valence-corrected chi connectivity index (χ2v) is 4.79. The zero-order valence-electron chi connectivity index (χ0n) is 10.5. The predicted molar refractivity (Wildman–Crippen MR) is 78.1 cm³/mol. The Morgan fingerprint density at radius 1 is 1.30 bits per heavy atom. The summed E-state index contributed by atoms with van der Waals surface area (Å²) in [7, 11) is 1.58. The van der Waals surface area contributed by atoms with Crippen molar-refractivity contribution in [3.8, 4) is 6.07 Å². The molecule has 0 unspecified atom stereocenters. The molecule has 0 atom stereocenters. The van der Waals surface area contributed by atoms with Crippen molar-refractivity contribution < 1.29 is 4.79 Å². The fourth-order valence-electron chi connectivity index (χ4n) is 1.63. The number of pyridine rings is 1. The van der Waals surface area contributed by atoms with Crippen molar-refractivity contribution in [3.63, 3.8) is 0 Å². The SMILES string of the molecule is CN(C(=O)c1nc(Cl)ccc1Cl)c1cccc(C#N)c1. The minimum absolute atomic E-state index is 0.0732. The maximum absolute atomic E-state index is 12.4. The van der Waals surface area contributed by atoms with Crippen molar-refractivity contribution in [1.82, 2.24) is 4.98 Å². The van der Waals surface area contributed by atoms with Crippen LogP contribution in [0.1, 0.15) is 16.1 Å². The van der Waals surface area contributed by atoms with Gasteiger partial charge < -0.3 is 4.90 Å². The van der Waals surface area contributed by atoms with Crippen LogP contribution in [0.25, 0.3) is 0 Å². The summed E-state index contributed by atoms with van der Waals surface area (Å²) in [5, 5.41) is 9.29. The number of carbonyl (C=O) groups excluding carboxylic acids is 1. The van der Waals surface area contributed by atoms with E-state index in [4.69, 9.17) is 28.5 Å². The number of halogens is 2. The zero-order valence-corrected chi connectivity index (χ0v) is 12.0. The largest absolute Gasteiger partial charge is 0.310 e. The van der Waals surface area contributed by atoms with E-state index in [1.54, 1.807) is 31.3 Å². The highest BCUT2D eigenvalue weighted by molar-refractivity contribution is 6.35. The Hall–Kier alpha value is -2.09. The van der Waals surface area contributed by atoms with Gasteiger partial charge in [-0.2, -0.15) is 5.26 Å². The molecule has 0 aliphatic rings. The number of hydrogen-bond acceptors (Lipinski definition) is 3. The van der Waals surface area contributed by atoms with E-state index in [2.05, 4.69) is 4.98 Å². The van der Waals surface area contributed by atoms with Gasteiger partial charge >= 0.3 is 0 Å². The molecule has 0 aliphatic carbocycles. The number of nitrogens with zero attached hydrogens (tertiary/aromatic N) is 3. The highest BCUT2D eigenvalue weighted by atomic mass is 35.5. The van der Waals surface area contributed by atoms with Crippen LogP contribution in [0.3, 0.4) is 0 Å². The number of benzene rings is 1. The Morgan fingerprint density at radius 2 is 2.05 bits per heavy atom. The number of aromatic nitrogens is 1. The molecule has 0 aliphatic heterocycles. The molecule has 0 saturated carbocycles. The molecule has 0 N–H and O–H groups in total. The van der Waals surface area contributed by atoms with Crippen LogP contribution >= 0.6 is 23.2 Å². The molecule has 2 aromatic rings. The predicted octanol–water partition coefficient (Wildman–Crippen LogP) is 3.54. The molecule has 1 amide bonds. The van der Waals surface area contributed by atoms with E-state index in [0.29, 0.717) is 11.3 Å². The van der Waals surface area contributed by atoms with Crippen LogP contribution in [0.4, 0.5) is 5.69 Å². The molecule has 20 heavy (non-hydrogen) atoms. The maximum atomic E-state index is 12.4. The lowest BCUT2D eigenvalue weighted by atomic mass is 10.2. The molecular weight excluding hydrogens is 297 g/mol. The van der Waals surface area contributed by atoms with E-state index in [1.165, 1.54) is 17.0 Å². The Kier molecular flexibility index (Phi) is 4.23. The fourth-order valence-corrected chi connectivity index (χ4v) is 1.96. The molecule has 2 rings (SSSR count). The number of nitriles is 1. The summed E-state index contributed by atoms with van der Waals surface area (Å²) in [5.41, 5.74) is 1.11. The van der Waals surface area contributed by atoms with Crippen LogP contribution in [-0.4, -0.2) is 17.9 Å². The van der Waals surface area contributed by atoms with Crippen molar-refractivity contribution in [2.24, 2.45) is 0 Å². The van der Waals surface area contributed by atoms with Gasteiger partial charge in [-0.1, -0.05) is 29.3 Å². The third kappa shape index (κ3) is 2.90. The van der Waals surface area contributed by atoms with Crippen molar-refractivity contribution in [1.29, 1.82) is 5.26 Å². The lowest BCUT2D eigenvalue weighted by Gasteiger charge is -2.17. The van der Waals surface area contributed by atoms with Crippen molar-refractivity contribution in [2.75, 3.05) is 11.9 Å². The van der Waals surface area contributed by atoms with Crippen LogP contribution in [-0.2, 0) is 0 Å². The van der Waals surface area contributed by atoms with Crippen LogP contribution < -0.4 is 4.90 Å². The maximum Gasteiger partial charge on any atom is 0.278 e. The average Bonchev–Trinajstić information content (AvgIpc) is 2.48. The van der Waals surface area contributed by atoms with E-state index in [9.17, 15) is 4.79 Å². The van der Waals surface area contributed by atoms with Crippen LogP contribution in [0.5, 0.6) is 0 Å². The summed E-state index contributed by atoms with van der Waals surface area (Å²) in [4.78, 5) is 17.7. The van der Waals surface area contributed by atoms with Crippen LogP contribution in [0, 0.1) is 11.3 Å². The lowest BCUT2D eigenvalue weighted by molar-refractivity contribution is 0.0988. The first kappa shape index (κ1) is 14.3. The summed E-state index contributed by atoms with van der Waals surface area (Å²) in [6, 6.07) is 11.7. The third-order valence-electron chi connectivity index (χ3n) is 2.68. The van der Waals surface area contributed by atoms with E-state index >= 15 is 0 Å². The van der Waals surface area contributed by atoms with E-state index in [-0.39, 0.29) is 15.9 Å². The van der Waals surface area contributed by atoms with E-state index in [0.717, 1.165) is 0 Å². The Bertz CT molecular complexity index is 710. The Morgan fingerprint density at radius 3 is 2.75 bits per heavy atom. The van der Waals surface area contributed by atoms with Gasteiger partial charge in [0.1, 0.15) is 10.8 Å². The fraction of sp³-hybridized carbons (Fsp3) is 0.0714. The molecule has 1 heterocycles. The molecule has 4 nitrogen and oxygen atoms in total. The van der Waals surface area contributed by atoms with Gasteiger partial charge in [0, 0.05) is 12.7 Å². The minimum atomic E-state index is -0.396. The lowest BCUT2D eigenvalue weighted by Crippen LogP contribution is -2.27. The summed E-state index contributed by atoms with van der Waals surface area (Å²) in [6.07, 6.45) is 0. The highest BCUT2D eigenvalue weighted by Gasteiger charge is 2.18. The van der Waals surface area contributed by atoms with Gasteiger partial charge in [0.15, 0.2) is 0 Å². The first-order valence-corrected chi connectivity index (χ1v) is 6.39. The van der Waals surface area contributed by atoms with Gasteiger partial charge in [-0.15, -0.1) is 0 Å². The van der Waals surface area contributed by atoms with Gasteiger partial charge in [-0.3, -0.25) is 4.79 Å². The normalized spacial score (nSPS) is 9.90. The highest BCUT2D eigenvalue weighted by Crippen LogP contribution is 2.21. The third-order valence-corrected chi connectivity index (χ3v) is 3.20. The standard InChI is InChI=1S/C14H9Cl2N3O/c1-19(10-4-2-3-9(7-10)8-17)14(20)13-11(15)5-6-12(16)18-13/h2-7H,1H3. The molecule has 0 bridgehead atoms. The van der Waals surface area contributed by atoms with Gasteiger partial charge in [-0.25, -0.2) is 4.98 Å². The van der Waals surface area contributed by atoms with Gasteiger partial charge in [0.25, 0.3) is 5.91 Å². The second-order valence-electron chi connectivity index (χ2n) is 3.99. The van der Waals surface area contributed by atoms with Crippen LogP contribution in [0.15, 0.2) is 36.4 Å². The molecular formula is C14H9Cl2N3O. The first-order chi connectivity index (χ1) is 9.52. The topological polar surface area (TPSA) is 57.0 Å². The molecule has 1 aromatic carbocycles. The number of hydrogen-bond donors (Lipinski definition) is 0.